The van der Waals surface area contributed by atoms with Crippen LogP contribution in [0.15, 0.2) is 190 Å². The van der Waals surface area contributed by atoms with Gasteiger partial charge in [-0.25, -0.2) is 9.98 Å². The van der Waals surface area contributed by atoms with Gasteiger partial charge in [0.05, 0.1) is 0 Å². The van der Waals surface area contributed by atoms with Crippen LogP contribution in [0.25, 0.3) is 65.7 Å². The minimum atomic E-state index is -0.401. The molecule has 51 heavy (non-hydrogen) atoms. The molecule has 0 bridgehead atoms. The Bertz CT molecular complexity index is 2820. The summed E-state index contributed by atoms with van der Waals surface area (Å²) in [6.45, 7) is 0. The molecule has 4 nitrogen and oxygen atoms in total. The molecule has 0 saturated carbocycles. The number of benzene rings is 8. The first-order chi connectivity index (χ1) is 25.3. The Morgan fingerprint density at radius 1 is 0.471 bits per heavy atom. The molecule has 2 heterocycles. The molecule has 1 unspecified atom stereocenters. The van der Waals surface area contributed by atoms with Crippen molar-refractivity contribution >= 4 is 55.2 Å². The highest BCUT2D eigenvalue weighted by Gasteiger charge is 2.26. The van der Waals surface area contributed by atoms with Gasteiger partial charge in [-0.1, -0.05) is 164 Å². The number of amidine groups is 2. The van der Waals surface area contributed by atoms with Crippen LogP contribution in [-0.2, 0) is 0 Å². The van der Waals surface area contributed by atoms with Crippen molar-refractivity contribution in [2.24, 2.45) is 9.98 Å². The van der Waals surface area contributed by atoms with Gasteiger partial charge in [-0.2, -0.15) is 0 Å². The first-order valence-corrected chi connectivity index (χ1v) is 17.3. The number of hydrogen-bond acceptors (Lipinski definition) is 4. The van der Waals surface area contributed by atoms with Gasteiger partial charge in [0, 0.05) is 33.0 Å². The van der Waals surface area contributed by atoms with Gasteiger partial charge < -0.3 is 9.73 Å². The maximum Gasteiger partial charge on any atom is 0.159 e. The lowest BCUT2D eigenvalue weighted by atomic mass is 9.94. The molecular weight excluding hydrogens is 623 g/mol. The fraction of sp³-hybridized carbons (Fsp3) is 0.0213. The fourth-order valence-corrected chi connectivity index (χ4v) is 7.41. The highest BCUT2D eigenvalue weighted by Crippen LogP contribution is 2.42. The van der Waals surface area contributed by atoms with Gasteiger partial charge in [0.1, 0.15) is 23.2 Å². The lowest BCUT2D eigenvalue weighted by Crippen LogP contribution is -2.33. The zero-order valence-corrected chi connectivity index (χ0v) is 27.6. The number of aliphatic imine (C=N–C) groups is 2. The van der Waals surface area contributed by atoms with E-state index < -0.39 is 6.17 Å². The molecule has 1 N–H and O–H groups in total. The summed E-state index contributed by atoms with van der Waals surface area (Å²) in [5.41, 5.74) is 9.20. The average Bonchev–Trinajstić information content (AvgIpc) is 3.61. The van der Waals surface area contributed by atoms with E-state index in [0.717, 1.165) is 61.2 Å². The van der Waals surface area contributed by atoms with E-state index in [2.05, 4.69) is 145 Å². The van der Waals surface area contributed by atoms with Crippen LogP contribution >= 0.6 is 0 Å². The molecule has 0 saturated heterocycles. The Labute approximate surface area is 295 Å². The van der Waals surface area contributed by atoms with Gasteiger partial charge in [0.15, 0.2) is 5.84 Å². The molecule has 0 aliphatic carbocycles. The summed E-state index contributed by atoms with van der Waals surface area (Å²) in [7, 11) is 0. The molecule has 4 heteroatoms. The fourth-order valence-electron chi connectivity index (χ4n) is 7.41. The van der Waals surface area contributed by atoms with E-state index in [1.165, 1.54) is 27.1 Å². The summed E-state index contributed by atoms with van der Waals surface area (Å²) in [6.07, 6.45) is -0.401. The lowest BCUT2D eigenvalue weighted by molar-refractivity contribution is 0.663. The number of nitrogens with zero attached hydrogens (tertiary/aromatic N) is 2. The van der Waals surface area contributed by atoms with Crippen molar-refractivity contribution in [2.75, 3.05) is 0 Å². The van der Waals surface area contributed by atoms with E-state index in [9.17, 15) is 0 Å². The number of hydrogen-bond donors (Lipinski definition) is 1. The number of rotatable bonds is 5. The third kappa shape index (κ3) is 5.08. The van der Waals surface area contributed by atoms with Crippen molar-refractivity contribution in [1.82, 2.24) is 5.32 Å². The molecule has 8 aromatic carbocycles. The Morgan fingerprint density at radius 3 is 1.92 bits per heavy atom. The first-order valence-electron chi connectivity index (χ1n) is 17.3. The predicted octanol–water partition coefficient (Wildman–Crippen LogP) is 11.7. The second-order valence-corrected chi connectivity index (χ2v) is 13.0. The molecular formula is C47H31N3O. The van der Waals surface area contributed by atoms with Gasteiger partial charge in [0.2, 0.25) is 0 Å². The van der Waals surface area contributed by atoms with Gasteiger partial charge in [-0.05, 0) is 50.4 Å². The Kier molecular flexibility index (Phi) is 6.85. The SMILES string of the molecule is c1ccc(C2=NC(c3ccc(-c4ccc5c(ccc6ccccc65)c4)c4oc5ccccc5c34)NC(c3ccc(-c4ccccc4)cc3)=N2)cc1. The highest BCUT2D eigenvalue weighted by molar-refractivity contribution is 6.16. The lowest BCUT2D eigenvalue weighted by Gasteiger charge is -2.24. The molecule has 0 radical (unpaired) electrons. The maximum absolute atomic E-state index is 6.72. The molecule has 0 spiro atoms. The van der Waals surface area contributed by atoms with E-state index in [4.69, 9.17) is 14.4 Å². The Morgan fingerprint density at radius 2 is 1.10 bits per heavy atom. The van der Waals surface area contributed by atoms with E-state index >= 15 is 0 Å². The second kappa shape index (κ2) is 12.0. The standard InChI is InChI=1S/C47H31N3O/c1-3-11-30(12-4-1)31-19-22-34(23-20-31)46-48-45(33-14-5-2-6-15-33)49-47(50-46)41-28-27-39(44-43(41)40-17-9-10-18-42(40)51-44)36-25-26-38-35(29-36)24-21-32-13-7-8-16-37(32)38/h1-29,47H,(H,48,49,50). The molecule has 1 aromatic heterocycles. The van der Waals surface area contributed by atoms with Crippen LogP contribution in [0.1, 0.15) is 22.9 Å². The summed E-state index contributed by atoms with van der Waals surface area (Å²) in [4.78, 5) is 10.3. The zero-order chi connectivity index (χ0) is 33.7. The molecule has 10 rings (SSSR count). The number of para-hydroxylation sites is 1. The van der Waals surface area contributed by atoms with E-state index in [-0.39, 0.29) is 0 Å². The summed E-state index contributed by atoms with van der Waals surface area (Å²) in [5, 5.41) is 10.8. The third-order valence-corrected chi connectivity index (χ3v) is 9.95. The number of furan rings is 1. The van der Waals surface area contributed by atoms with Crippen molar-refractivity contribution in [2.45, 2.75) is 6.17 Å². The van der Waals surface area contributed by atoms with Crippen molar-refractivity contribution < 1.29 is 4.42 Å². The van der Waals surface area contributed by atoms with Gasteiger partial charge in [-0.3, -0.25) is 0 Å². The van der Waals surface area contributed by atoms with Crippen molar-refractivity contribution in [3.8, 4) is 22.3 Å². The van der Waals surface area contributed by atoms with Crippen LogP contribution in [0.4, 0.5) is 0 Å². The van der Waals surface area contributed by atoms with Gasteiger partial charge in [0.25, 0.3) is 0 Å². The average molecular weight is 654 g/mol. The molecule has 1 aliphatic heterocycles. The Hall–Kier alpha value is -6.78. The Balaban J connectivity index is 1.12. The minimum absolute atomic E-state index is 0.401. The van der Waals surface area contributed by atoms with Crippen LogP contribution in [0, 0.1) is 0 Å². The normalized spacial score (nSPS) is 14.5. The molecule has 0 amide bonds. The van der Waals surface area contributed by atoms with Crippen LogP contribution in [0.3, 0.4) is 0 Å². The van der Waals surface area contributed by atoms with Gasteiger partial charge in [-0.15, -0.1) is 0 Å². The monoisotopic (exact) mass is 653 g/mol. The first kappa shape index (κ1) is 29.2. The van der Waals surface area contributed by atoms with Crippen LogP contribution in [-0.4, -0.2) is 11.7 Å². The smallest absolute Gasteiger partial charge is 0.159 e. The summed E-state index contributed by atoms with van der Waals surface area (Å²) in [5.74, 6) is 1.47. The van der Waals surface area contributed by atoms with Crippen molar-refractivity contribution in [3.63, 3.8) is 0 Å². The molecule has 1 aliphatic rings. The van der Waals surface area contributed by atoms with Crippen LogP contribution < -0.4 is 5.32 Å². The summed E-state index contributed by atoms with van der Waals surface area (Å²) >= 11 is 0. The molecule has 9 aromatic rings. The largest absolute Gasteiger partial charge is 0.455 e. The predicted molar refractivity (Wildman–Crippen MR) is 211 cm³/mol. The zero-order valence-electron chi connectivity index (χ0n) is 27.6. The van der Waals surface area contributed by atoms with Crippen molar-refractivity contribution in [3.05, 3.63) is 193 Å². The van der Waals surface area contributed by atoms with E-state index in [1.807, 2.05) is 36.4 Å². The maximum atomic E-state index is 6.72. The second-order valence-electron chi connectivity index (χ2n) is 13.0. The molecule has 1 atom stereocenters. The topological polar surface area (TPSA) is 49.9 Å². The van der Waals surface area contributed by atoms with Crippen LogP contribution in [0.5, 0.6) is 0 Å². The van der Waals surface area contributed by atoms with E-state index in [0.29, 0.717) is 5.84 Å². The molecule has 240 valence electrons. The summed E-state index contributed by atoms with van der Waals surface area (Å²) in [6, 6.07) is 61.6. The van der Waals surface area contributed by atoms with Gasteiger partial charge >= 0.3 is 0 Å². The number of fused-ring (bicyclic) bond motifs is 6. The highest BCUT2D eigenvalue weighted by atomic mass is 16.3. The quantitative estimate of drug-likeness (QED) is 0.188. The number of nitrogens with one attached hydrogen (secondary N) is 1. The minimum Gasteiger partial charge on any atom is -0.455 e. The molecule has 0 fully saturated rings. The van der Waals surface area contributed by atoms with Crippen LogP contribution in [0.2, 0.25) is 0 Å². The van der Waals surface area contributed by atoms with E-state index in [1.54, 1.807) is 0 Å². The third-order valence-electron chi connectivity index (χ3n) is 9.95. The summed E-state index contributed by atoms with van der Waals surface area (Å²) < 4.78 is 6.72. The van der Waals surface area contributed by atoms with Crippen molar-refractivity contribution in [1.29, 1.82) is 0 Å².